The average molecular weight is 360 g/mol. The number of rotatable bonds is 4. The minimum absolute atomic E-state index is 0.0471. The predicted molar refractivity (Wildman–Crippen MR) is 107 cm³/mol. The molecule has 0 spiro atoms. The van der Waals surface area contributed by atoms with Crippen molar-refractivity contribution in [1.82, 2.24) is 0 Å². The van der Waals surface area contributed by atoms with Gasteiger partial charge in [-0.15, -0.1) is 0 Å². The monoisotopic (exact) mass is 359 g/mol. The van der Waals surface area contributed by atoms with Gasteiger partial charge in [-0.25, -0.2) is 0 Å². The van der Waals surface area contributed by atoms with Crippen LogP contribution in [0.1, 0.15) is 70.9 Å². The van der Waals surface area contributed by atoms with Gasteiger partial charge in [0.1, 0.15) is 5.75 Å². The van der Waals surface area contributed by atoms with Crippen LogP contribution in [0.5, 0.6) is 5.75 Å². The molecule has 3 rings (SSSR count). The topological polar surface area (TPSA) is 55.5 Å². The van der Waals surface area contributed by atoms with Crippen molar-refractivity contribution >= 4 is 0 Å². The maximum atomic E-state index is 9.54. The van der Waals surface area contributed by atoms with Crippen molar-refractivity contribution in [3.8, 4) is 5.75 Å². The molecule has 1 saturated carbocycles. The molecule has 1 aromatic rings. The molecule has 0 radical (unpaired) electrons. The van der Waals surface area contributed by atoms with Crippen LogP contribution in [-0.2, 0) is 12.8 Å². The fourth-order valence-electron chi connectivity index (χ4n) is 4.74. The molecule has 2 aliphatic rings. The number of aliphatic hydroxyl groups excluding tert-OH is 1. The number of aryl methyl sites for hydroxylation is 1. The molecule has 0 aliphatic heterocycles. The van der Waals surface area contributed by atoms with Crippen molar-refractivity contribution in [2.75, 3.05) is 6.61 Å². The number of aliphatic hydroxyl groups is 1. The third-order valence-corrected chi connectivity index (χ3v) is 6.88. The minimum Gasteiger partial charge on any atom is -0.490 e. The Hall–Kier alpha value is -1.06. The van der Waals surface area contributed by atoms with E-state index < -0.39 is 5.54 Å². The summed E-state index contributed by atoms with van der Waals surface area (Å²) in [7, 11) is 0. The van der Waals surface area contributed by atoms with Gasteiger partial charge >= 0.3 is 0 Å². The van der Waals surface area contributed by atoms with Gasteiger partial charge < -0.3 is 15.6 Å². The lowest BCUT2D eigenvalue weighted by Gasteiger charge is -2.37. The lowest BCUT2D eigenvalue weighted by Crippen LogP contribution is -2.49. The summed E-state index contributed by atoms with van der Waals surface area (Å²) in [5.74, 6) is 2.19. The summed E-state index contributed by atoms with van der Waals surface area (Å²) in [6.07, 6.45) is 8.28. The van der Waals surface area contributed by atoms with Crippen LogP contribution in [0, 0.1) is 17.3 Å². The molecule has 146 valence electrons. The second-order valence-electron chi connectivity index (χ2n) is 9.99. The number of ether oxygens (including phenoxy) is 1. The highest BCUT2D eigenvalue weighted by atomic mass is 16.5. The Morgan fingerprint density at radius 1 is 1.00 bits per heavy atom. The van der Waals surface area contributed by atoms with Gasteiger partial charge in [-0.1, -0.05) is 26.8 Å². The van der Waals surface area contributed by atoms with Crippen LogP contribution in [0.15, 0.2) is 18.2 Å². The highest BCUT2D eigenvalue weighted by molar-refractivity contribution is 5.38. The van der Waals surface area contributed by atoms with Crippen LogP contribution in [0.2, 0.25) is 0 Å². The maximum absolute atomic E-state index is 9.54. The number of fused-ring (bicyclic) bond motifs is 1. The standard InChI is InChI=1S/C23H37NO2/c1-22(2,3)18-8-11-20(12-9-18)26-21-10-6-16-13-19(23(4,24)15-25)7-5-17(16)14-21/h6,10,14,18-20,25H,5,7-9,11-13,15,24H2,1-4H3/t18-,19-,20-,23+/m0/s1. The number of nitrogens with two attached hydrogens (primary N) is 1. The number of hydrogen-bond acceptors (Lipinski definition) is 3. The third-order valence-electron chi connectivity index (χ3n) is 6.88. The van der Waals surface area contributed by atoms with Gasteiger partial charge in [-0.3, -0.25) is 0 Å². The fourth-order valence-corrected chi connectivity index (χ4v) is 4.74. The van der Waals surface area contributed by atoms with Gasteiger partial charge in [0.15, 0.2) is 0 Å². The molecule has 2 atom stereocenters. The summed E-state index contributed by atoms with van der Waals surface area (Å²) in [6, 6.07) is 6.59. The highest BCUT2D eigenvalue weighted by Gasteiger charge is 2.33. The molecule has 1 fully saturated rings. The van der Waals surface area contributed by atoms with E-state index in [-0.39, 0.29) is 6.61 Å². The molecular formula is C23H37NO2. The van der Waals surface area contributed by atoms with Gasteiger partial charge in [0.25, 0.3) is 0 Å². The number of hydrogen-bond donors (Lipinski definition) is 2. The quantitative estimate of drug-likeness (QED) is 0.833. The van der Waals surface area contributed by atoms with Crippen molar-refractivity contribution in [1.29, 1.82) is 0 Å². The molecule has 3 heteroatoms. The Balaban J connectivity index is 1.59. The molecule has 0 heterocycles. The third kappa shape index (κ3) is 4.43. The van der Waals surface area contributed by atoms with Gasteiger partial charge in [0, 0.05) is 5.54 Å². The summed E-state index contributed by atoms with van der Waals surface area (Å²) >= 11 is 0. The van der Waals surface area contributed by atoms with Crippen molar-refractivity contribution in [2.45, 2.75) is 84.3 Å². The first-order valence-electron chi connectivity index (χ1n) is 10.4. The Labute approximate surface area is 159 Å². The maximum Gasteiger partial charge on any atom is 0.120 e. The molecule has 0 saturated heterocycles. The second kappa shape index (κ2) is 7.52. The minimum atomic E-state index is -0.488. The van der Waals surface area contributed by atoms with Crippen LogP contribution in [0.3, 0.4) is 0 Å². The van der Waals surface area contributed by atoms with Crippen LogP contribution in [-0.4, -0.2) is 23.4 Å². The summed E-state index contributed by atoms with van der Waals surface area (Å²) in [6.45, 7) is 9.09. The van der Waals surface area contributed by atoms with E-state index in [1.54, 1.807) is 0 Å². The van der Waals surface area contributed by atoms with Crippen molar-refractivity contribution in [3.63, 3.8) is 0 Å². The first-order chi connectivity index (χ1) is 12.2. The van der Waals surface area contributed by atoms with Gasteiger partial charge in [0.05, 0.1) is 12.7 Å². The first-order valence-corrected chi connectivity index (χ1v) is 10.4. The molecule has 26 heavy (non-hydrogen) atoms. The molecule has 3 nitrogen and oxygen atoms in total. The van der Waals surface area contributed by atoms with E-state index in [9.17, 15) is 5.11 Å². The predicted octanol–water partition coefficient (Wildman–Crippen LogP) is 4.48. The van der Waals surface area contributed by atoms with Crippen molar-refractivity contribution in [3.05, 3.63) is 29.3 Å². The van der Waals surface area contributed by atoms with E-state index in [1.165, 1.54) is 36.8 Å². The Bertz CT molecular complexity index is 609. The zero-order valence-electron chi connectivity index (χ0n) is 17.1. The van der Waals surface area contributed by atoms with E-state index in [1.807, 2.05) is 6.92 Å². The zero-order valence-corrected chi connectivity index (χ0v) is 17.1. The lowest BCUT2D eigenvalue weighted by molar-refractivity contribution is 0.0880. The molecular weight excluding hydrogens is 322 g/mol. The summed E-state index contributed by atoms with van der Waals surface area (Å²) in [5, 5.41) is 9.54. The molecule has 3 N–H and O–H groups in total. The fraction of sp³-hybridized carbons (Fsp3) is 0.739. The van der Waals surface area contributed by atoms with E-state index in [0.29, 0.717) is 17.4 Å². The lowest BCUT2D eigenvalue weighted by atomic mass is 9.72. The van der Waals surface area contributed by atoms with E-state index >= 15 is 0 Å². The van der Waals surface area contributed by atoms with E-state index in [2.05, 4.69) is 39.0 Å². The van der Waals surface area contributed by atoms with Crippen molar-refractivity contribution < 1.29 is 9.84 Å². The zero-order chi connectivity index (χ0) is 18.9. The summed E-state index contributed by atoms with van der Waals surface area (Å²) in [5.41, 5.74) is 8.97. The number of benzene rings is 1. The van der Waals surface area contributed by atoms with Crippen LogP contribution < -0.4 is 10.5 Å². The first kappa shape index (κ1) is 19.7. The molecule has 0 aromatic heterocycles. The Kier molecular flexibility index (Phi) is 5.69. The van der Waals surface area contributed by atoms with Crippen LogP contribution in [0.25, 0.3) is 0 Å². The second-order valence-corrected chi connectivity index (χ2v) is 9.99. The van der Waals surface area contributed by atoms with E-state index in [4.69, 9.17) is 10.5 Å². The highest BCUT2D eigenvalue weighted by Crippen LogP contribution is 2.39. The molecule has 0 unspecified atom stereocenters. The normalized spacial score (nSPS) is 28.9. The van der Waals surface area contributed by atoms with Gasteiger partial charge in [-0.05, 0) is 92.4 Å². The van der Waals surface area contributed by atoms with Gasteiger partial charge in [-0.2, -0.15) is 0 Å². The molecule has 2 aliphatic carbocycles. The average Bonchev–Trinajstić information content (AvgIpc) is 2.61. The Morgan fingerprint density at radius 3 is 2.31 bits per heavy atom. The molecule has 0 amide bonds. The largest absolute Gasteiger partial charge is 0.490 e. The Morgan fingerprint density at radius 2 is 1.69 bits per heavy atom. The van der Waals surface area contributed by atoms with Crippen molar-refractivity contribution in [2.24, 2.45) is 23.0 Å². The summed E-state index contributed by atoms with van der Waals surface area (Å²) in [4.78, 5) is 0. The van der Waals surface area contributed by atoms with Crippen LogP contribution >= 0.6 is 0 Å². The van der Waals surface area contributed by atoms with Gasteiger partial charge in [0.2, 0.25) is 0 Å². The molecule has 0 bridgehead atoms. The summed E-state index contributed by atoms with van der Waals surface area (Å²) < 4.78 is 6.33. The SMILES string of the molecule is CC(C)(C)[C@H]1CC[C@H](Oc2ccc3c(c2)CC[C@H]([C@](C)(N)CO)C3)CC1. The van der Waals surface area contributed by atoms with Crippen LogP contribution in [0.4, 0.5) is 0 Å². The smallest absolute Gasteiger partial charge is 0.120 e. The molecule has 1 aromatic carbocycles. The van der Waals surface area contributed by atoms with E-state index in [0.717, 1.165) is 30.9 Å².